The van der Waals surface area contributed by atoms with Crippen LogP contribution in [0.2, 0.25) is 0 Å². The number of aryl methyl sites for hydroxylation is 4. The Labute approximate surface area is 380 Å². The van der Waals surface area contributed by atoms with E-state index in [2.05, 4.69) is 174 Å². The summed E-state index contributed by atoms with van der Waals surface area (Å²) < 4.78 is 9.59. The Morgan fingerprint density at radius 3 is 1.50 bits per heavy atom. The average molecular weight is 914 g/mol. The van der Waals surface area contributed by atoms with Gasteiger partial charge in [-0.2, -0.15) is 0 Å². The fourth-order valence-corrected chi connectivity index (χ4v) is 15.3. The van der Waals surface area contributed by atoms with Gasteiger partial charge < -0.3 is 0 Å². The van der Waals surface area contributed by atoms with E-state index in [0.29, 0.717) is 0 Å². The van der Waals surface area contributed by atoms with Crippen molar-refractivity contribution in [2.45, 2.75) is 27.7 Å². The van der Waals surface area contributed by atoms with E-state index in [9.17, 15) is 14.7 Å². The first-order valence-electron chi connectivity index (χ1n) is 21.0. The SMILES string of the molecule is Cc1ccc(C2=C3C=CC(=N3)C(c3ccc(C)cc3)=c3ccc4[n]3[Ga]([Cl])[n]3c2cc(/C=C/C=C(\OC=O)C(=O)O)c3C(c2ccc(C)cc2)=C2C=CC(=N2)C=4c2ccc(C)cc2)cc1. The van der Waals surface area contributed by atoms with Crippen molar-refractivity contribution in [2.75, 3.05) is 0 Å². The fraction of sp³-hybridized carbons (Fsp3) is 0.0741. The first-order chi connectivity index (χ1) is 31.1. The molecule has 1 N–H and O–H groups in total. The van der Waals surface area contributed by atoms with Crippen molar-refractivity contribution >= 4 is 77.6 Å². The third-order valence-corrected chi connectivity index (χ3v) is 18.1. The normalized spacial score (nSPS) is 15.3. The van der Waals surface area contributed by atoms with Gasteiger partial charge in [-0.05, 0) is 0 Å². The second-order valence-electron chi connectivity index (χ2n) is 16.3. The van der Waals surface area contributed by atoms with Crippen LogP contribution in [0.25, 0.3) is 28.4 Å². The number of carbonyl (C=O) groups excluding carboxylic acids is 1. The molecule has 0 saturated heterocycles. The minimum atomic E-state index is -3.79. The molecule has 6 bridgehead atoms. The standard InChI is InChI=1S/C54H41N4O4.ClH.Ga/c1-32-8-16-36(17-9-32)49-41-24-25-42(55-41)50(37-18-10-33(2)11-19-37)44-28-29-46(57-44)52(39-22-14-35(4)15-23-39)53-40(6-5-7-48(54(60)61)62-31-59)30-47(58-53)51(45-27-26-43(49)56-45)38-20-12-34(3)13-21-38;;/h5-31H,1-4H3,(H2-,55,56,57,58,60,61);1H;/q-1;;+3/p-2/b6-5+,48-7-,49-41?,49-43?,50-42?,50-44?,51-45?,51-47?,52-46?,53-52?;;. The molecule has 8 nitrogen and oxygen atoms in total. The molecular weight excluding hydrogens is 874 g/mol. The molecule has 4 aromatic carbocycles. The van der Waals surface area contributed by atoms with E-state index in [1.54, 1.807) is 6.08 Å². The first kappa shape index (κ1) is 40.9. The Kier molecular flexibility index (Phi) is 10.5. The van der Waals surface area contributed by atoms with Gasteiger partial charge in [0.25, 0.3) is 0 Å². The number of ether oxygens (including phenoxy) is 1. The van der Waals surface area contributed by atoms with Gasteiger partial charge in [0, 0.05) is 0 Å². The van der Waals surface area contributed by atoms with Crippen molar-refractivity contribution < 1.29 is 19.4 Å². The summed E-state index contributed by atoms with van der Waals surface area (Å²) in [4.78, 5) is 34.4. The molecule has 0 radical (unpaired) electrons. The van der Waals surface area contributed by atoms with E-state index in [4.69, 9.17) is 24.4 Å². The quantitative estimate of drug-likeness (QED) is 0.0515. The van der Waals surface area contributed by atoms with Crippen molar-refractivity contribution in [1.29, 1.82) is 0 Å². The molecule has 6 heterocycles. The number of aliphatic carboxylic acids is 1. The molecule has 0 saturated carbocycles. The van der Waals surface area contributed by atoms with Crippen LogP contribution in [0.3, 0.4) is 0 Å². The molecule has 2 aromatic heterocycles. The van der Waals surface area contributed by atoms with Crippen molar-refractivity contribution in [3.63, 3.8) is 0 Å². The van der Waals surface area contributed by atoms with Crippen LogP contribution in [-0.4, -0.2) is 51.2 Å². The number of aliphatic imine (C=N–C) groups is 2. The van der Waals surface area contributed by atoms with Gasteiger partial charge >= 0.3 is 382 Å². The summed E-state index contributed by atoms with van der Waals surface area (Å²) >= 11 is -3.79. The van der Waals surface area contributed by atoms with Crippen LogP contribution in [-0.2, 0) is 14.3 Å². The number of allylic oxidation sites excluding steroid dienone is 6. The van der Waals surface area contributed by atoms with Gasteiger partial charge in [-0.1, -0.05) is 0 Å². The summed E-state index contributed by atoms with van der Waals surface area (Å²) in [5.41, 5.74) is 17.8. The van der Waals surface area contributed by atoms with Gasteiger partial charge in [0.15, 0.2) is 0 Å². The van der Waals surface area contributed by atoms with Gasteiger partial charge in [0.05, 0.1) is 0 Å². The van der Waals surface area contributed by atoms with Crippen molar-refractivity contribution in [3.05, 3.63) is 241 Å². The van der Waals surface area contributed by atoms with Crippen LogP contribution in [0.5, 0.6) is 0 Å². The summed E-state index contributed by atoms with van der Waals surface area (Å²) in [6, 6.07) is 40.6. The number of halogens is 1. The third kappa shape index (κ3) is 7.17. The van der Waals surface area contributed by atoms with Crippen LogP contribution < -0.4 is 10.7 Å². The zero-order chi connectivity index (χ0) is 44.2. The van der Waals surface area contributed by atoms with Gasteiger partial charge in [-0.15, -0.1) is 0 Å². The average Bonchev–Trinajstić information content (AvgIpc) is 4.11. The van der Waals surface area contributed by atoms with Crippen LogP contribution in [0.15, 0.2) is 179 Å². The summed E-state index contributed by atoms with van der Waals surface area (Å²) in [7, 11) is 8.54. The number of hydrogen-bond acceptors (Lipinski definition) is 5. The second-order valence-corrected chi connectivity index (χ2v) is 21.8. The second kappa shape index (κ2) is 16.5. The molecular formula is C54H40ClGaN4O4. The maximum atomic E-state index is 12.1. The van der Waals surface area contributed by atoms with E-state index in [-0.39, 0.29) is 6.47 Å². The Morgan fingerprint density at radius 2 is 1.05 bits per heavy atom. The van der Waals surface area contributed by atoms with Crippen LogP contribution in [0, 0.1) is 27.7 Å². The molecule has 0 amide bonds. The third-order valence-electron chi connectivity index (χ3n) is 12.0. The molecule has 0 unspecified atom stereocenters. The number of aromatic nitrogens is 2. The minimum absolute atomic E-state index is 0.112. The van der Waals surface area contributed by atoms with Gasteiger partial charge in [0.1, 0.15) is 0 Å². The zero-order valence-electron chi connectivity index (χ0n) is 35.5. The molecule has 0 aliphatic carbocycles. The van der Waals surface area contributed by atoms with Crippen molar-refractivity contribution in [2.24, 2.45) is 9.98 Å². The monoisotopic (exact) mass is 912 g/mol. The van der Waals surface area contributed by atoms with Gasteiger partial charge in [-0.3, -0.25) is 0 Å². The van der Waals surface area contributed by atoms with Crippen LogP contribution in [0.4, 0.5) is 0 Å². The Balaban J connectivity index is 1.44. The van der Waals surface area contributed by atoms with E-state index in [1.165, 1.54) is 6.08 Å². The molecule has 310 valence electrons. The molecule has 4 aliphatic heterocycles. The zero-order valence-corrected chi connectivity index (χ0v) is 38.7. The summed E-state index contributed by atoms with van der Waals surface area (Å²) in [5, 5.41) is 11.7. The van der Waals surface area contributed by atoms with Gasteiger partial charge in [-0.25, -0.2) is 0 Å². The summed E-state index contributed by atoms with van der Waals surface area (Å²) in [6.07, 6.45) is 13.1. The fourth-order valence-electron chi connectivity index (χ4n) is 8.85. The number of carboxylic acids is 1. The van der Waals surface area contributed by atoms with Gasteiger partial charge in [0.2, 0.25) is 0 Å². The Bertz CT molecular complexity index is 3280. The molecule has 10 rings (SSSR count). The molecule has 0 atom stereocenters. The van der Waals surface area contributed by atoms with Crippen molar-refractivity contribution in [3.8, 4) is 0 Å². The molecule has 6 aromatic rings. The predicted octanol–water partition coefficient (Wildman–Crippen LogP) is 9.26. The predicted molar refractivity (Wildman–Crippen MR) is 257 cm³/mol. The summed E-state index contributed by atoms with van der Waals surface area (Å²) in [6.45, 7) is 8.43. The number of carboxylic acid groups (broad SMARTS) is 1. The maximum absolute atomic E-state index is 12.1. The number of nitrogens with zero attached hydrogens (tertiary/aromatic N) is 4. The van der Waals surface area contributed by atoms with E-state index >= 15 is 0 Å². The molecule has 0 fully saturated rings. The van der Waals surface area contributed by atoms with Crippen LogP contribution in [0.1, 0.15) is 61.5 Å². The summed E-state index contributed by atoms with van der Waals surface area (Å²) in [5.74, 6) is -1.87. The first-order valence-corrected chi connectivity index (χ1v) is 26.3. The molecule has 4 aliphatic rings. The molecule has 10 heteroatoms. The van der Waals surface area contributed by atoms with E-state index in [0.717, 1.165) is 117 Å². The number of carbonyl (C=O) groups is 2. The number of benzene rings is 4. The van der Waals surface area contributed by atoms with Crippen molar-refractivity contribution in [1.82, 2.24) is 6.55 Å². The Morgan fingerprint density at radius 1 is 0.609 bits per heavy atom. The van der Waals surface area contributed by atoms with Crippen LogP contribution >= 0.6 is 9.64 Å². The topological polar surface area (TPSA) is 98.2 Å². The Hall–Kier alpha value is -7.17. The number of fused-ring (bicyclic) bond motifs is 2. The molecule has 0 spiro atoms. The molecule has 64 heavy (non-hydrogen) atoms. The van der Waals surface area contributed by atoms with E-state index < -0.39 is 27.4 Å². The number of rotatable bonds is 9. The number of hydrogen-bond donors (Lipinski definition) is 1. The van der Waals surface area contributed by atoms with E-state index in [1.807, 2.05) is 6.08 Å².